The summed E-state index contributed by atoms with van der Waals surface area (Å²) in [6, 6.07) is 10.1. The van der Waals surface area contributed by atoms with E-state index in [0.717, 1.165) is 5.75 Å². The van der Waals surface area contributed by atoms with E-state index in [9.17, 15) is 13.2 Å². The fraction of sp³-hybridized carbons (Fsp3) is 0.474. The van der Waals surface area contributed by atoms with Crippen molar-refractivity contribution >= 4 is 27.7 Å². The molecule has 1 saturated heterocycles. The second-order valence-electron chi connectivity index (χ2n) is 6.87. The Hall–Kier alpha value is -1.84. The number of carbonyl (C=O) groups is 1. The number of benzene rings is 1. The van der Waals surface area contributed by atoms with Gasteiger partial charge in [-0.05, 0) is 31.9 Å². The van der Waals surface area contributed by atoms with Crippen LogP contribution < -0.4 is 5.32 Å². The standard InChI is InChI=1S/C19H26N4O3S2/c1-15-21-18(14-22(15)2)28(25,26)23-11-8-16(9-12-23)19(24)20-10-13-27-17-6-4-3-5-7-17/h3-7,14,16H,8-13H2,1-2H3,(H,20,24). The molecule has 0 aliphatic carbocycles. The second kappa shape index (κ2) is 9.11. The lowest BCUT2D eigenvalue weighted by Crippen LogP contribution is -2.43. The molecule has 0 spiro atoms. The molecule has 0 unspecified atom stereocenters. The van der Waals surface area contributed by atoms with Gasteiger partial charge in [0.1, 0.15) is 5.82 Å². The van der Waals surface area contributed by atoms with E-state index in [1.54, 1.807) is 30.3 Å². The van der Waals surface area contributed by atoms with Crippen molar-refractivity contribution in [3.8, 4) is 0 Å². The molecular weight excluding hydrogens is 396 g/mol. The number of nitrogens with zero attached hydrogens (tertiary/aromatic N) is 3. The quantitative estimate of drug-likeness (QED) is 0.545. The molecular formula is C19H26N4O3S2. The zero-order valence-electron chi connectivity index (χ0n) is 16.2. The topological polar surface area (TPSA) is 84.3 Å². The third-order valence-corrected chi connectivity index (χ3v) is 7.71. The molecule has 1 aliphatic heterocycles. The highest BCUT2D eigenvalue weighted by atomic mass is 32.2. The van der Waals surface area contributed by atoms with E-state index in [1.807, 2.05) is 30.3 Å². The van der Waals surface area contributed by atoms with Crippen molar-refractivity contribution in [2.24, 2.45) is 13.0 Å². The first-order chi connectivity index (χ1) is 13.4. The summed E-state index contributed by atoms with van der Waals surface area (Å²) in [5.74, 6) is 1.33. The number of sulfonamides is 1. The van der Waals surface area contributed by atoms with Gasteiger partial charge in [0.25, 0.3) is 10.0 Å². The number of nitrogens with one attached hydrogen (secondary N) is 1. The van der Waals surface area contributed by atoms with Crippen LogP contribution in [-0.2, 0) is 21.9 Å². The number of hydrogen-bond donors (Lipinski definition) is 1. The first-order valence-electron chi connectivity index (χ1n) is 9.33. The van der Waals surface area contributed by atoms with Gasteiger partial charge in [0.05, 0.1) is 0 Å². The first kappa shape index (κ1) is 20.9. The lowest BCUT2D eigenvalue weighted by Gasteiger charge is -2.29. The smallest absolute Gasteiger partial charge is 0.262 e. The van der Waals surface area contributed by atoms with E-state index in [1.165, 1.54) is 15.4 Å². The van der Waals surface area contributed by atoms with Gasteiger partial charge in [-0.15, -0.1) is 11.8 Å². The molecule has 1 N–H and O–H groups in total. The molecule has 2 heterocycles. The van der Waals surface area contributed by atoms with Crippen LogP contribution in [0.15, 0.2) is 46.5 Å². The number of aryl methyl sites for hydroxylation is 2. The van der Waals surface area contributed by atoms with Gasteiger partial charge in [0.2, 0.25) is 5.91 Å². The molecule has 3 rings (SSSR count). The minimum absolute atomic E-state index is 0.0133. The van der Waals surface area contributed by atoms with Gasteiger partial charge in [-0.25, -0.2) is 13.4 Å². The Labute approximate surface area is 170 Å². The Bertz CT molecular complexity index is 885. The molecule has 152 valence electrons. The average molecular weight is 423 g/mol. The molecule has 1 aliphatic rings. The zero-order chi connectivity index (χ0) is 20.1. The Morgan fingerprint density at radius 1 is 1.25 bits per heavy atom. The summed E-state index contributed by atoms with van der Waals surface area (Å²) in [5, 5.41) is 3.05. The first-order valence-corrected chi connectivity index (χ1v) is 11.8. The van der Waals surface area contributed by atoms with Crippen LogP contribution in [0, 0.1) is 12.8 Å². The van der Waals surface area contributed by atoms with Crippen LogP contribution in [0.3, 0.4) is 0 Å². The molecule has 0 bridgehead atoms. The normalized spacial score (nSPS) is 16.2. The van der Waals surface area contributed by atoms with Gasteiger partial charge in [-0.3, -0.25) is 4.79 Å². The van der Waals surface area contributed by atoms with Crippen LogP contribution >= 0.6 is 11.8 Å². The Balaban J connectivity index is 1.44. The summed E-state index contributed by atoms with van der Waals surface area (Å²) >= 11 is 1.70. The summed E-state index contributed by atoms with van der Waals surface area (Å²) in [4.78, 5) is 17.7. The molecule has 1 aromatic heterocycles. The van der Waals surface area contributed by atoms with Crippen LogP contribution in [0.2, 0.25) is 0 Å². The number of thioether (sulfide) groups is 1. The number of piperidine rings is 1. The summed E-state index contributed by atoms with van der Waals surface area (Å²) in [6.07, 6.45) is 2.60. The molecule has 0 atom stereocenters. The monoisotopic (exact) mass is 422 g/mol. The highest BCUT2D eigenvalue weighted by Crippen LogP contribution is 2.23. The molecule has 1 fully saturated rings. The largest absolute Gasteiger partial charge is 0.355 e. The summed E-state index contributed by atoms with van der Waals surface area (Å²) in [6.45, 7) is 3.05. The molecule has 0 radical (unpaired) electrons. The van der Waals surface area contributed by atoms with Crippen LogP contribution in [-0.4, -0.2) is 53.6 Å². The lowest BCUT2D eigenvalue weighted by atomic mass is 9.97. The molecule has 2 aromatic rings. The zero-order valence-corrected chi connectivity index (χ0v) is 17.8. The molecule has 0 saturated carbocycles. The SMILES string of the molecule is Cc1nc(S(=O)(=O)N2CCC(C(=O)NCCSc3ccccc3)CC2)cn1C. The van der Waals surface area contributed by atoms with Crippen molar-refractivity contribution in [3.05, 3.63) is 42.4 Å². The summed E-state index contributed by atoms with van der Waals surface area (Å²) in [5.41, 5.74) is 0. The number of amides is 1. The van der Waals surface area contributed by atoms with Crippen molar-refractivity contribution in [3.63, 3.8) is 0 Å². The Morgan fingerprint density at radius 3 is 2.54 bits per heavy atom. The summed E-state index contributed by atoms with van der Waals surface area (Å²) < 4.78 is 28.6. The van der Waals surface area contributed by atoms with E-state index in [-0.39, 0.29) is 16.9 Å². The summed E-state index contributed by atoms with van der Waals surface area (Å²) in [7, 11) is -1.83. The van der Waals surface area contributed by atoms with Gasteiger partial charge in [-0.1, -0.05) is 18.2 Å². The fourth-order valence-electron chi connectivity index (χ4n) is 3.15. The van der Waals surface area contributed by atoms with Crippen LogP contribution in [0.1, 0.15) is 18.7 Å². The van der Waals surface area contributed by atoms with Crippen molar-refractivity contribution in [2.45, 2.75) is 29.7 Å². The van der Waals surface area contributed by atoms with Crippen LogP contribution in [0.25, 0.3) is 0 Å². The number of aromatic nitrogens is 2. The minimum Gasteiger partial charge on any atom is -0.355 e. The molecule has 28 heavy (non-hydrogen) atoms. The van der Waals surface area contributed by atoms with Crippen LogP contribution in [0.5, 0.6) is 0 Å². The molecule has 1 amide bonds. The lowest BCUT2D eigenvalue weighted by molar-refractivity contribution is -0.125. The van der Waals surface area contributed by atoms with Gasteiger partial charge < -0.3 is 9.88 Å². The number of imidazole rings is 1. The van der Waals surface area contributed by atoms with E-state index >= 15 is 0 Å². The number of hydrogen-bond acceptors (Lipinski definition) is 5. The Kier molecular flexibility index (Phi) is 6.79. The second-order valence-corrected chi connectivity index (χ2v) is 9.92. The minimum atomic E-state index is -3.60. The van der Waals surface area contributed by atoms with Gasteiger partial charge in [0.15, 0.2) is 5.03 Å². The maximum atomic E-state index is 12.7. The maximum absolute atomic E-state index is 12.7. The Morgan fingerprint density at radius 2 is 1.93 bits per heavy atom. The van der Waals surface area contributed by atoms with E-state index in [4.69, 9.17) is 0 Å². The van der Waals surface area contributed by atoms with Gasteiger partial charge in [0, 0.05) is 49.4 Å². The number of carbonyl (C=O) groups excluding carboxylic acids is 1. The van der Waals surface area contributed by atoms with Crippen molar-refractivity contribution in [1.82, 2.24) is 19.2 Å². The average Bonchev–Trinajstić information content (AvgIpc) is 3.05. The van der Waals surface area contributed by atoms with Crippen molar-refractivity contribution in [2.75, 3.05) is 25.4 Å². The third kappa shape index (κ3) is 4.95. The fourth-order valence-corrected chi connectivity index (χ4v) is 5.43. The van der Waals surface area contributed by atoms with E-state index in [0.29, 0.717) is 38.3 Å². The number of rotatable bonds is 7. The predicted octanol–water partition coefficient (Wildman–Crippen LogP) is 2.04. The van der Waals surface area contributed by atoms with Crippen molar-refractivity contribution in [1.29, 1.82) is 0 Å². The highest BCUT2D eigenvalue weighted by Gasteiger charge is 2.33. The van der Waals surface area contributed by atoms with Crippen molar-refractivity contribution < 1.29 is 13.2 Å². The van der Waals surface area contributed by atoms with Gasteiger partial charge in [-0.2, -0.15) is 4.31 Å². The maximum Gasteiger partial charge on any atom is 0.262 e. The molecule has 1 aromatic carbocycles. The molecule has 9 heteroatoms. The van der Waals surface area contributed by atoms with Gasteiger partial charge >= 0.3 is 0 Å². The highest BCUT2D eigenvalue weighted by molar-refractivity contribution is 7.99. The van der Waals surface area contributed by atoms with Crippen LogP contribution in [0.4, 0.5) is 0 Å². The molecule has 7 nitrogen and oxygen atoms in total. The van der Waals surface area contributed by atoms with E-state index in [2.05, 4.69) is 10.3 Å². The van der Waals surface area contributed by atoms with E-state index < -0.39 is 10.0 Å². The third-order valence-electron chi connectivity index (χ3n) is 4.93. The predicted molar refractivity (Wildman–Crippen MR) is 110 cm³/mol.